The number of morpholine rings is 1. The highest BCUT2D eigenvalue weighted by molar-refractivity contribution is 6.02. The second kappa shape index (κ2) is 8.90. The Morgan fingerprint density at radius 3 is 2.80 bits per heavy atom. The fourth-order valence-corrected chi connectivity index (χ4v) is 4.68. The normalized spacial score (nSPS) is 16.2. The van der Waals surface area contributed by atoms with Crippen molar-refractivity contribution in [2.75, 3.05) is 26.3 Å². The molecule has 0 unspecified atom stereocenters. The topological polar surface area (TPSA) is 133 Å². The molecule has 5 rings (SSSR count). The van der Waals surface area contributed by atoms with Crippen molar-refractivity contribution in [1.29, 1.82) is 0 Å². The monoisotopic (exact) mass is 477 g/mol. The molecule has 0 bridgehead atoms. The SMILES string of the molecule is CCn1nc(C)cc1-c1n[nH]c(-c2cc(C(N)=O)cc3c2cnn3CCN2CCOCC2(C)C)n1. The van der Waals surface area contributed by atoms with Gasteiger partial charge in [-0.05, 0) is 45.9 Å². The Balaban J connectivity index is 1.51. The van der Waals surface area contributed by atoms with Crippen LogP contribution in [0.3, 0.4) is 0 Å². The van der Waals surface area contributed by atoms with Crippen LogP contribution in [0.4, 0.5) is 0 Å². The second-order valence-electron chi connectivity index (χ2n) is 9.53. The van der Waals surface area contributed by atoms with Gasteiger partial charge < -0.3 is 10.5 Å². The number of ether oxygens (including phenoxy) is 1. The molecule has 0 aliphatic carbocycles. The van der Waals surface area contributed by atoms with Crippen molar-refractivity contribution < 1.29 is 9.53 Å². The molecule has 4 heterocycles. The lowest BCUT2D eigenvalue weighted by molar-refractivity contribution is -0.0522. The number of aromatic nitrogens is 7. The smallest absolute Gasteiger partial charge is 0.248 e. The number of hydrogen-bond acceptors (Lipinski definition) is 7. The average molecular weight is 478 g/mol. The van der Waals surface area contributed by atoms with Gasteiger partial charge in [0.2, 0.25) is 5.91 Å². The Labute approximate surface area is 203 Å². The van der Waals surface area contributed by atoms with E-state index in [0.29, 0.717) is 36.9 Å². The van der Waals surface area contributed by atoms with Gasteiger partial charge in [0, 0.05) is 41.7 Å². The van der Waals surface area contributed by atoms with Crippen LogP contribution in [0.15, 0.2) is 24.4 Å². The number of nitrogens with one attached hydrogen (secondary N) is 1. The molecular formula is C24H31N9O2. The molecule has 35 heavy (non-hydrogen) atoms. The molecular weight excluding hydrogens is 446 g/mol. The Morgan fingerprint density at radius 1 is 1.23 bits per heavy atom. The quantitative estimate of drug-likeness (QED) is 0.417. The standard InChI is InChI=1S/C24H31N9O2/c1-5-32-20(10-15(2)30-32)23-27-22(28-29-23)17-11-16(21(25)34)12-19-18(17)13-26-33(19)7-6-31-8-9-35-14-24(31,3)4/h10-13H,5-9,14H2,1-4H3,(H2,25,34)(H,27,28,29). The lowest BCUT2D eigenvalue weighted by Gasteiger charge is -2.42. The summed E-state index contributed by atoms with van der Waals surface area (Å²) in [6.07, 6.45) is 1.81. The van der Waals surface area contributed by atoms with Gasteiger partial charge in [-0.25, -0.2) is 4.98 Å². The van der Waals surface area contributed by atoms with Crippen LogP contribution >= 0.6 is 0 Å². The first kappa shape index (κ1) is 23.2. The van der Waals surface area contributed by atoms with Crippen LogP contribution in [0, 0.1) is 6.92 Å². The van der Waals surface area contributed by atoms with E-state index in [-0.39, 0.29) is 5.54 Å². The van der Waals surface area contributed by atoms with Crippen molar-refractivity contribution in [2.24, 2.45) is 5.73 Å². The van der Waals surface area contributed by atoms with Crippen LogP contribution in [0.1, 0.15) is 36.8 Å². The van der Waals surface area contributed by atoms with E-state index in [4.69, 9.17) is 15.5 Å². The van der Waals surface area contributed by atoms with Crippen molar-refractivity contribution in [2.45, 2.75) is 46.3 Å². The first-order chi connectivity index (χ1) is 16.8. The number of benzene rings is 1. The van der Waals surface area contributed by atoms with E-state index in [1.807, 2.05) is 35.5 Å². The zero-order chi connectivity index (χ0) is 24.7. The first-order valence-corrected chi connectivity index (χ1v) is 11.9. The Kier molecular flexibility index (Phi) is 5.89. The second-order valence-corrected chi connectivity index (χ2v) is 9.53. The fraction of sp³-hybridized carbons (Fsp3) is 0.458. The highest BCUT2D eigenvalue weighted by Crippen LogP contribution is 2.30. The molecule has 0 atom stereocenters. The maximum Gasteiger partial charge on any atom is 0.248 e. The fourth-order valence-electron chi connectivity index (χ4n) is 4.68. The molecule has 11 nitrogen and oxygen atoms in total. The first-order valence-electron chi connectivity index (χ1n) is 11.9. The molecule has 1 aliphatic rings. The Morgan fingerprint density at radius 2 is 2.06 bits per heavy atom. The third-order valence-electron chi connectivity index (χ3n) is 6.62. The van der Waals surface area contributed by atoms with E-state index in [9.17, 15) is 4.79 Å². The molecule has 1 aliphatic heterocycles. The van der Waals surface area contributed by atoms with Crippen molar-refractivity contribution in [1.82, 2.24) is 39.6 Å². The molecule has 4 aromatic rings. The summed E-state index contributed by atoms with van der Waals surface area (Å²) in [5.74, 6) is 0.583. The minimum Gasteiger partial charge on any atom is -0.378 e. The minimum absolute atomic E-state index is 0.0373. The lowest BCUT2D eigenvalue weighted by atomic mass is 10.0. The Hall–Kier alpha value is -3.57. The lowest BCUT2D eigenvalue weighted by Crippen LogP contribution is -2.53. The number of carbonyl (C=O) groups is 1. The molecule has 3 aromatic heterocycles. The number of primary amides is 1. The van der Waals surface area contributed by atoms with E-state index >= 15 is 0 Å². The van der Waals surface area contributed by atoms with Crippen molar-refractivity contribution in [3.05, 3.63) is 35.7 Å². The molecule has 184 valence electrons. The van der Waals surface area contributed by atoms with Gasteiger partial charge in [0.25, 0.3) is 0 Å². The Bertz CT molecular complexity index is 1380. The molecule has 11 heteroatoms. The number of fused-ring (bicyclic) bond motifs is 1. The number of nitrogens with two attached hydrogens (primary N) is 1. The summed E-state index contributed by atoms with van der Waals surface area (Å²) in [6.45, 7) is 12.8. The van der Waals surface area contributed by atoms with Crippen LogP contribution in [-0.4, -0.2) is 77.4 Å². The number of aryl methyl sites for hydroxylation is 2. The van der Waals surface area contributed by atoms with Crippen LogP contribution < -0.4 is 5.73 Å². The maximum atomic E-state index is 12.2. The van der Waals surface area contributed by atoms with E-state index in [1.165, 1.54) is 0 Å². The predicted octanol–water partition coefficient (Wildman–Crippen LogP) is 2.22. The van der Waals surface area contributed by atoms with Gasteiger partial charge in [0.05, 0.1) is 37.2 Å². The summed E-state index contributed by atoms with van der Waals surface area (Å²) in [4.78, 5) is 19.3. The number of H-pyrrole nitrogens is 1. The predicted molar refractivity (Wildman–Crippen MR) is 132 cm³/mol. The van der Waals surface area contributed by atoms with E-state index < -0.39 is 5.91 Å². The number of nitrogens with zero attached hydrogens (tertiary/aromatic N) is 7. The summed E-state index contributed by atoms with van der Waals surface area (Å²) in [5, 5.41) is 17.5. The number of aromatic amines is 1. The van der Waals surface area contributed by atoms with Crippen molar-refractivity contribution in [3.8, 4) is 22.9 Å². The molecule has 0 radical (unpaired) electrons. The highest BCUT2D eigenvalue weighted by atomic mass is 16.5. The third-order valence-corrected chi connectivity index (χ3v) is 6.62. The maximum absolute atomic E-state index is 12.2. The largest absolute Gasteiger partial charge is 0.378 e. The van der Waals surface area contributed by atoms with Crippen molar-refractivity contribution in [3.63, 3.8) is 0 Å². The van der Waals surface area contributed by atoms with Gasteiger partial charge in [-0.15, -0.1) is 0 Å². The highest BCUT2D eigenvalue weighted by Gasteiger charge is 2.30. The summed E-state index contributed by atoms with van der Waals surface area (Å²) in [5.41, 5.74) is 9.33. The number of amides is 1. The van der Waals surface area contributed by atoms with Gasteiger partial charge in [-0.2, -0.15) is 15.3 Å². The molecule has 1 fully saturated rings. The van der Waals surface area contributed by atoms with Crippen molar-refractivity contribution >= 4 is 16.8 Å². The number of rotatable bonds is 7. The van der Waals surface area contributed by atoms with E-state index in [0.717, 1.165) is 47.6 Å². The van der Waals surface area contributed by atoms with E-state index in [1.54, 1.807) is 12.1 Å². The van der Waals surface area contributed by atoms with Crippen LogP contribution in [0.25, 0.3) is 33.8 Å². The summed E-state index contributed by atoms with van der Waals surface area (Å²) < 4.78 is 9.43. The molecule has 0 saturated carbocycles. The molecule has 1 aromatic carbocycles. The van der Waals surface area contributed by atoms with Gasteiger partial charge in [0.15, 0.2) is 11.6 Å². The van der Waals surface area contributed by atoms with Gasteiger partial charge in [0.1, 0.15) is 5.69 Å². The molecule has 1 amide bonds. The van der Waals surface area contributed by atoms with Gasteiger partial charge in [-0.1, -0.05) is 0 Å². The van der Waals surface area contributed by atoms with E-state index in [2.05, 4.69) is 39.1 Å². The third kappa shape index (κ3) is 4.32. The van der Waals surface area contributed by atoms with Crippen LogP contribution in [0.5, 0.6) is 0 Å². The minimum atomic E-state index is -0.505. The van der Waals surface area contributed by atoms with Gasteiger partial charge in [-0.3, -0.25) is 24.2 Å². The van der Waals surface area contributed by atoms with Crippen LogP contribution in [-0.2, 0) is 17.8 Å². The average Bonchev–Trinajstić information content (AvgIpc) is 3.55. The van der Waals surface area contributed by atoms with Crippen LogP contribution in [0.2, 0.25) is 0 Å². The molecule has 1 saturated heterocycles. The van der Waals surface area contributed by atoms with Gasteiger partial charge >= 0.3 is 0 Å². The zero-order valence-corrected chi connectivity index (χ0v) is 20.6. The molecule has 0 spiro atoms. The molecule has 3 N–H and O–H groups in total. The zero-order valence-electron chi connectivity index (χ0n) is 20.6. The number of carbonyl (C=O) groups excluding carboxylic acids is 1. The summed E-state index contributed by atoms with van der Waals surface area (Å²) >= 11 is 0. The summed E-state index contributed by atoms with van der Waals surface area (Å²) in [7, 11) is 0. The summed E-state index contributed by atoms with van der Waals surface area (Å²) in [6, 6.07) is 5.50. The number of hydrogen-bond donors (Lipinski definition) is 2.